The average molecular weight is 441 g/mol. The van der Waals surface area contributed by atoms with E-state index < -0.39 is 0 Å². The molecule has 2 aromatic heterocycles. The lowest BCUT2D eigenvalue weighted by Crippen LogP contribution is -2.43. The number of benzene rings is 2. The van der Waals surface area contributed by atoms with Crippen molar-refractivity contribution >= 4 is 11.6 Å². The molecule has 1 amide bonds. The monoisotopic (exact) mass is 440 g/mol. The van der Waals surface area contributed by atoms with Crippen LogP contribution in [0.25, 0.3) is 16.9 Å². The molecule has 1 fully saturated rings. The van der Waals surface area contributed by atoms with Crippen LogP contribution in [0.2, 0.25) is 0 Å². The van der Waals surface area contributed by atoms with Crippen molar-refractivity contribution in [1.82, 2.24) is 29.7 Å². The highest BCUT2D eigenvalue weighted by Gasteiger charge is 2.17. The van der Waals surface area contributed by atoms with Gasteiger partial charge in [0, 0.05) is 51.0 Å². The molecule has 1 aliphatic rings. The van der Waals surface area contributed by atoms with Gasteiger partial charge in [-0.05, 0) is 24.2 Å². The highest BCUT2D eigenvalue weighted by molar-refractivity contribution is 5.99. The van der Waals surface area contributed by atoms with Gasteiger partial charge in [-0.25, -0.2) is 9.50 Å². The van der Waals surface area contributed by atoms with Crippen molar-refractivity contribution in [3.8, 4) is 11.3 Å². The minimum Gasteiger partial charge on any atom is -0.348 e. The fourth-order valence-electron chi connectivity index (χ4n) is 4.26. The van der Waals surface area contributed by atoms with Crippen LogP contribution in [0.3, 0.4) is 0 Å². The summed E-state index contributed by atoms with van der Waals surface area (Å²) < 4.78 is 1.72. The van der Waals surface area contributed by atoms with Gasteiger partial charge in [-0.2, -0.15) is 5.10 Å². The summed E-state index contributed by atoms with van der Waals surface area (Å²) in [5, 5.41) is 7.48. The molecule has 33 heavy (non-hydrogen) atoms. The van der Waals surface area contributed by atoms with Crippen molar-refractivity contribution in [1.29, 1.82) is 0 Å². The van der Waals surface area contributed by atoms with Crippen LogP contribution in [0, 0.1) is 0 Å². The van der Waals surface area contributed by atoms with Gasteiger partial charge in [0.2, 0.25) is 0 Å². The normalized spacial score (nSPS) is 15.1. The third-order valence-corrected chi connectivity index (χ3v) is 6.16. The molecule has 1 saturated heterocycles. The molecule has 7 nitrogen and oxygen atoms in total. The van der Waals surface area contributed by atoms with E-state index >= 15 is 0 Å². The maximum Gasteiger partial charge on any atom is 0.257 e. The zero-order valence-electron chi connectivity index (χ0n) is 18.8. The first-order chi connectivity index (χ1) is 16.2. The van der Waals surface area contributed by atoms with E-state index in [-0.39, 0.29) is 5.91 Å². The van der Waals surface area contributed by atoms with Gasteiger partial charge in [0.15, 0.2) is 5.65 Å². The lowest BCUT2D eigenvalue weighted by atomic mass is 10.1. The van der Waals surface area contributed by atoms with E-state index in [0.29, 0.717) is 17.8 Å². The Kier molecular flexibility index (Phi) is 6.15. The van der Waals surface area contributed by atoms with E-state index in [9.17, 15) is 4.79 Å². The van der Waals surface area contributed by atoms with E-state index in [0.717, 1.165) is 49.5 Å². The summed E-state index contributed by atoms with van der Waals surface area (Å²) in [5.41, 5.74) is 5.31. The van der Waals surface area contributed by atoms with Crippen molar-refractivity contribution in [2.75, 3.05) is 33.2 Å². The molecular formula is C26H28N6O. The maximum atomic E-state index is 13.0. The second-order valence-electron chi connectivity index (χ2n) is 8.57. The standard InChI is InChI=1S/C26H28N6O/c1-30-12-14-31(15-13-30)19-21-7-5-6-20(16-21)17-28-26(33)23-18-29-32-24(10-11-27-25(23)32)22-8-3-2-4-9-22/h2-11,16,18H,12-15,17,19H2,1H3,(H,28,33). The largest absolute Gasteiger partial charge is 0.348 e. The van der Waals surface area contributed by atoms with Crippen LogP contribution >= 0.6 is 0 Å². The number of carbonyl (C=O) groups is 1. The summed E-state index contributed by atoms with van der Waals surface area (Å²) in [6.45, 7) is 5.79. The Balaban J connectivity index is 1.27. The van der Waals surface area contributed by atoms with Gasteiger partial charge in [0.05, 0.1) is 11.9 Å². The number of piperazine rings is 1. The van der Waals surface area contributed by atoms with Crippen LogP contribution in [0.4, 0.5) is 0 Å². The summed E-state index contributed by atoms with van der Waals surface area (Å²) in [6, 6.07) is 20.3. The van der Waals surface area contributed by atoms with Crippen LogP contribution in [-0.4, -0.2) is 63.5 Å². The predicted molar refractivity (Wildman–Crippen MR) is 129 cm³/mol. The SMILES string of the molecule is CN1CCN(Cc2cccc(CNC(=O)c3cnn4c(-c5ccccc5)ccnc34)c2)CC1. The Bertz CT molecular complexity index is 1240. The summed E-state index contributed by atoms with van der Waals surface area (Å²) >= 11 is 0. The molecule has 2 aromatic carbocycles. The molecule has 7 heteroatoms. The van der Waals surface area contributed by atoms with Gasteiger partial charge in [-0.1, -0.05) is 54.6 Å². The Morgan fingerprint density at radius 1 is 0.970 bits per heavy atom. The fraction of sp³-hybridized carbons (Fsp3) is 0.269. The molecular weight excluding hydrogens is 412 g/mol. The molecule has 0 spiro atoms. The van der Waals surface area contributed by atoms with Gasteiger partial charge >= 0.3 is 0 Å². The van der Waals surface area contributed by atoms with Crippen molar-refractivity contribution in [2.45, 2.75) is 13.1 Å². The minimum atomic E-state index is -0.174. The predicted octanol–water partition coefficient (Wildman–Crippen LogP) is 3.07. The minimum absolute atomic E-state index is 0.174. The fourth-order valence-corrected chi connectivity index (χ4v) is 4.26. The number of likely N-dealkylation sites (N-methyl/N-ethyl adjacent to an activating group) is 1. The van der Waals surface area contributed by atoms with Crippen molar-refractivity contribution in [3.05, 3.63) is 89.7 Å². The Labute approximate surface area is 193 Å². The lowest BCUT2D eigenvalue weighted by molar-refractivity contribution is 0.0952. The van der Waals surface area contributed by atoms with E-state index in [1.54, 1.807) is 16.9 Å². The molecule has 3 heterocycles. The van der Waals surface area contributed by atoms with Crippen LogP contribution in [0.1, 0.15) is 21.5 Å². The molecule has 0 aliphatic carbocycles. The molecule has 0 atom stereocenters. The first-order valence-corrected chi connectivity index (χ1v) is 11.3. The van der Waals surface area contributed by atoms with Gasteiger partial charge in [0.1, 0.15) is 5.56 Å². The average Bonchev–Trinajstić information content (AvgIpc) is 3.29. The Hall–Kier alpha value is -3.55. The zero-order valence-corrected chi connectivity index (χ0v) is 18.8. The van der Waals surface area contributed by atoms with Crippen LogP contribution in [-0.2, 0) is 13.1 Å². The second kappa shape index (κ2) is 9.52. The summed E-state index contributed by atoms with van der Waals surface area (Å²) in [4.78, 5) is 22.2. The lowest BCUT2D eigenvalue weighted by Gasteiger charge is -2.32. The van der Waals surface area contributed by atoms with Crippen molar-refractivity contribution in [2.24, 2.45) is 0 Å². The van der Waals surface area contributed by atoms with Gasteiger partial charge in [-0.15, -0.1) is 0 Å². The molecule has 0 bridgehead atoms. The molecule has 0 saturated carbocycles. The van der Waals surface area contributed by atoms with Crippen LogP contribution < -0.4 is 5.32 Å². The molecule has 1 aliphatic heterocycles. The van der Waals surface area contributed by atoms with E-state index in [2.05, 4.69) is 56.5 Å². The summed E-state index contributed by atoms with van der Waals surface area (Å²) in [6.07, 6.45) is 3.31. The van der Waals surface area contributed by atoms with Crippen molar-refractivity contribution < 1.29 is 4.79 Å². The van der Waals surface area contributed by atoms with E-state index in [4.69, 9.17) is 0 Å². The highest BCUT2D eigenvalue weighted by Crippen LogP contribution is 2.20. The molecule has 5 rings (SSSR count). The van der Waals surface area contributed by atoms with Crippen LogP contribution in [0.5, 0.6) is 0 Å². The number of hydrogen-bond acceptors (Lipinski definition) is 5. The summed E-state index contributed by atoms with van der Waals surface area (Å²) in [5.74, 6) is -0.174. The quantitative estimate of drug-likeness (QED) is 0.499. The smallest absolute Gasteiger partial charge is 0.257 e. The van der Waals surface area contributed by atoms with Crippen LogP contribution in [0.15, 0.2) is 73.1 Å². The number of amides is 1. The first kappa shape index (κ1) is 21.3. The number of carbonyl (C=O) groups excluding carboxylic acids is 1. The van der Waals surface area contributed by atoms with Gasteiger partial charge in [0.25, 0.3) is 5.91 Å². The molecule has 1 N–H and O–H groups in total. The molecule has 168 valence electrons. The van der Waals surface area contributed by atoms with E-state index in [1.165, 1.54) is 5.56 Å². The zero-order chi connectivity index (χ0) is 22.6. The topological polar surface area (TPSA) is 65.8 Å². The second-order valence-corrected chi connectivity index (χ2v) is 8.57. The molecule has 0 unspecified atom stereocenters. The van der Waals surface area contributed by atoms with Gasteiger partial charge < -0.3 is 10.2 Å². The molecule has 4 aromatic rings. The number of nitrogens with one attached hydrogen (secondary N) is 1. The highest BCUT2D eigenvalue weighted by atomic mass is 16.1. The van der Waals surface area contributed by atoms with Crippen molar-refractivity contribution in [3.63, 3.8) is 0 Å². The Morgan fingerprint density at radius 2 is 1.76 bits per heavy atom. The number of hydrogen-bond donors (Lipinski definition) is 1. The van der Waals surface area contributed by atoms with Gasteiger partial charge in [-0.3, -0.25) is 9.69 Å². The molecule has 0 radical (unpaired) electrons. The number of aromatic nitrogens is 3. The number of fused-ring (bicyclic) bond motifs is 1. The third-order valence-electron chi connectivity index (χ3n) is 6.16. The summed E-state index contributed by atoms with van der Waals surface area (Å²) in [7, 11) is 2.17. The van der Waals surface area contributed by atoms with E-state index in [1.807, 2.05) is 36.4 Å². The number of nitrogens with zero attached hydrogens (tertiary/aromatic N) is 5. The first-order valence-electron chi connectivity index (χ1n) is 11.3. The number of rotatable bonds is 6. The third kappa shape index (κ3) is 4.79. The Morgan fingerprint density at radius 3 is 2.58 bits per heavy atom. The maximum absolute atomic E-state index is 13.0.